The molecule has 1 rings (SSSR count). The van der Waals surface area contributed by atoms with Crippen molar-refractivity contribution in [2.45, 2.75) is 4.34 Å². The largest absolute Gasteiger partial charge is 0.348 e. The van der Waals surface area contributed by atoms with Crippen molar-refractivity contribution in [3.8, 4) is 0 Å². The smallest absolute Gasteiger partial charge is 0.232 e. The quantitative estimate of drug-likeness (QED) is 0.670. The molecule has 0 spiro atoms. The molecule has 1 radical (unpaired) electrons. The van der Waals surface area contributed by atoms with Gasteiger partial charge >= 0.3 is 0 Å². The van der Waals surface area contributed by atoms with E-state index in [1.807, 2.05) is 0 Å². The van der Waals surface area contributed by atoms with Gasteiger partial charge in [0.1, 0.15) is 0 Å². The second-order valence-electron chi connectivity index (χ2n) is 2.24. The van der Waals surface area contributed by atoms with E-state index in [9.17, 15) is 4.79 Å². The molecule has 6 heteroatoms. The predicted octanol–water partition coefficient (Wildman–Crippen LogP) is 0.519. The lowest BCUT2D eigenvalue weighted by atomic mass is 10.6. The molecule has 12 heavy (non-hydrogen) atoms. The minimum Gasteiger partial charge on any atom is -0.348 e. The van der Waals surface area contributed by atoms with Gasteiger partial charge in [-0.2, -0.15) is 0 Å². The second kappa shape index (κ2) is 4.42. The topological polar surface area (TPSA) is 46.1 Å². The summed E-state index contributed by atoms with van der Waals surface area (Å²) in [6, 6.07) is 0. The standard InChI is InChI=1S/C6H8N3OS2/c1-9(2)5(10)3-11-6-8-7-4-12-6/h3H2,1-2H3. The third kappa shape index (κ3) is 2.78. The Bertz CT molecular complexity index is 247. The monoisotopic (exact) mass is 202 g/mol. The van der Waals surface area contributed by atoms with Crippen molar-refractivity contribution >= 4 is 29.0 Å². The molecule has 0 atom stereocenters. The Kier molecular flexibility index (Phi) is 3.48. The predicted molar refractivity (Wildman–Crippen MR) is 48.2 cm³/mol. The maximum atomic E-state index is 11.1. The van der Waals surface area contributed by atoms with Gasteiger partial charge in [0.05, 0.1) is 5.75 Å². The van der Waals surface area contributed by atoms with E-state index in [4.69, 9.17) is 0 Å². The van der Waals surface area contributed by atoms with E-state index in [1.165, 1.54) is 23.1 Å². The highest BCUT2D eigenvalue weighted by Crippen LogP contribution is 2.18. The van der Waals surface area contributed by atoms with Crippen molar-refractivity contribution in [1.82, 2.24) is 15.1 Å². The van der Waals surface area contributed by atoms with Gasteiger partial charge in [-0.15, -0.1) is 10.2 Å². The fraction of sp³-hybridized carbons (Fsp3) is 0.500. The molecule has 4 nitrogen and oxygen atoms in total. The SMILES string of the molecule is CN(C)C(=O)CSc1nn[c]s1. The minimum absolute atomic E-state index is 0.0789. The van der Waals surface area contributed by atoms with Gasteiger partial charge in [-0.3, -0.25) is 4.79 Å². The first-order chi connectivity index (χ1) is 5.70. The molecule has 0 saturated carbocycles. The summed E-state index contributed by atoms with van der Waals surface area (Å²) < 4.78 is 0.783. The Hall–Kier alpha value is -0.620. The molecule has 1 aromatic rings. The summed E-state index contributed by atoms with van der Waals surface area (Å²) in [4.78, 5) is 12.6. The molecular formula is C6H8N3OS2. The number of amides is 1. The number of thioether (sulfide) groups is 1. The van der Waals surface area contributed by atoms with Gasteiger partial charge in [0.25, 0.3) is 0 Å². The number of rotatable bonds is 3. The maximum absolute atomic E-state index is 11.1. The molecule has 0 aromatic carbocycles. The lowest BCUT2D eigenvalue weighted by Crippen LogP contribution is -2.23. The highest BCUT2D eigenvalue weighted by atomic mass is 32.2. The Morgan fingerprint density at radius 3 is 3.00 bits per heavy atom. The van der Waals surface area contributed by atoms with Crippen molar-refractivity contribution in [3.63, 3.8) is 0 Å². The second-order valence-corrected chi connectivity index (χ2v) is 4.23. The number of aromatic nitrogens is 2. The zero-order valence-corrected chi connectivity index (χ0v) is 8.41. The Balaban J connectivity index is 2.32. The molecular weight excluding hydrogens is 194 g/mol. The third-order valence-electron chi connectivity index (χ3n) is 1.12. The summed E-state index contributed by atoms with van der Waals surface area (Å²) in [5.41, 5.74) is 2.62. The van der Waals surface area contributed by atoms with E-state index < -0.39 is 0 Å². The Morgan fingerprint density at radius 2 is 2.50 bits per heavy atom. The number of carbonyl (C=O) groups is 1. The van der Waals surface area contributed by atoms with Crippen molar-refractivity contribution in [3.05, 3.63) is 5.51 Å². The van der Waals surface area contributed by atoms with Gasteiger partial charge in [-0.05, 0) is 0 Å². The highest BCUT2D eigenvalue weighted by Gasteiger charge is 2.06. The molecule has 0 unspecified atom stereocenters. The van der Waals surface area contributed by atoms with E-state index in [1.54, 1.807) is 19.0 Å². The first kappa shape index (κ1) is 9.47. The molecule has 1 aromatic heterocycles. The number of hydrogen-bond acceptors (Lipinski definition) is 5. The average Bonchev–Trinajstić information content (AvgIpc) is 2.51. The van der Waals surface area contributed by atoms with E-state index in [2.05, 4.69) is 15.7 Å². The van der Waals surface area contributed by atoms with Crippen LogP contribution >= 0.6 is 23.1 Å². The molecule has 0 aliphatic heterocycles. The van der Waals surface area contributed by atoms with Crippen LogP contribution in [-0.2, 0) is 4.79 Å². The van der Waals surface area contributed by atoms with Crippen LogP contribution in [0.2, 0.25) is 0 Å². The van der Waals surface area contributed by atoms with E-state index >= 15 is 0 Å². The Labute approximate surface area is 79.0 Å². The summed E-state index contributed by atoms with van der Waals surface area (Å²) >= 11 is 2.71. The number of carbonyl (C=O) groups excluding carboxylic acids is 1. The molecule has 0 aliphatic rings. The maximum Gasteiger partial charge on any atom is 0.232 e. The first-order valence-electron chi connectivity index (χ1n) is 3.22. The van der Waals surface area contributed by atoms with Gasteiger partial charge in [-0.25, -0.2) is 0 Å². The molecule has 0 N–H and O–H groups in total. The van der Waals surface area contributed by atoms with Crippen LogP contribution in [0.15, 0.2) is 4.34 Å². The summed E-state index contributed by atoms with van der Waals surface area (Å²) in [5.74, 6) is 0.492. The van der Waals surface area contributed by atoms with E-state index in [0.29, 0.717) is 5.75 Å². The fourth-order valence-corrected chi connectivity index (χ4v) is 1.82. The lowest BCUT2D eigenvalue weighted by molar-refractivity contribution is -0.125. The van der Waals surface area contributed by atoms with Crippen molar-refractivity contribution in [2.75, 3.05) is 19.8 Å². The van der Waals surface area contributed by atoms with Gasteiger partial charge in [0.2, 0.25) is 5.91 Å². The summed E-state index contributed by atoms with van der Waals surface area (Å²) in [7, 11) is 3.46. The number of nitrogens with zero attached hydrogens (tertiary/aromatic N) is 3. The molecule has 0 bridgehead atoms. The Morgan fingerprint density at radius 1 is 1.75 bits per heavy atom. The van der Waals surface area contributed by atoms with Crippen molar-refractivity contribution < 1.29 is 4.79 Å². The minimum atomic E-state index is 0.0789. The molecule has 0 fully saturated rings. The molecule has 65 valence electrons. The van der Waals surface area contributed by atoms with Crippen LogP contribution in [0.3, 0.4) is 0 Å². The molecule has 0 aliphatic carbocycles. The van der Waals surface area contributed by atoms with Crippen molar-refractivity contribution in [1.29, 1.82) is 0 Å². The van der Waals surface area contributed by atoms with Gasteiger partial charge < -0.3 is 4.90 Å². The molecule has 0 saturated heterocycles. The summed E-state index contributed by atoms with van der Waals surface area (Å²) in [5, 5.41) is 7.30. The normalized spacial score (nSPS) is 9.83. The van der Waals surface area contributed by atoms with Crippen LogP contribution in [0.5, 0.6) is 0 Å². The van der Waals surface area contributed by atoms with Crippen molar-refractivity contribution in [2.24, 2.45) is 0 Å². The summed E-state index contributed by atoms with van der Waals surface area (Å²) in [6.07, 6.45) is 0. The number of hydrogen-bond donors (Lipinski definition) is 0. The zero-order valence-electron chi connectivity index (χ0n) is 6.77. The summed E-state index contributed by atoms with van der Waals surface area (Å²) in [6.45, 7) is 0. The fourth-order valence-electron chi connectivity index (χ4n) is 0.452. The lowest BCUT2D eigenvalue weighted by Gasteiger charge is -2.07. The highest BCUT2D eigenvalue weighted by molar-refractivity contribution is 8.01. The van der Waals surface area contributed by atoms with Crippen LogP contribution in [0, 0.1) is 5.51 Å². The van der Waals surface area contributed by atoms with E-state index in [0.717, 1.165) is 4.34 Å². The van der Waals surface area contributed by atoms with Crippen LogP contribution in [-0.4, -0.2) is 40.9 Å². The zero-order chi connectivity index (χ0) is 8.97. The van der Waals surface area contributed by atoms with Gasteiger partial charge in [0, 0.05) is 14.1 Å². The first-order valence-corrected chi connectivity index (χ1v) is 5.03. The van der Waals surface area contributed by atoms with Crippen LogP contribution < -0.4 is 0 Å². The van der Waals surface area contributed by atoms with Gasteiger partial charge in [-0.1, -0.05) is 23.1 Å². The molecule has 1 amide bonds. The molecule has 1 heterocycles. The van der Waals surface area contributed by atoms with Crippen LogP contribution in [0.25, 0.3) is 0 Å². The third-order valence-corrected chi connectivity index (χ3v) is 2.88. The average molecular weight is 202 g/mol. The van der Waals surface area contributed by atoms with Crippen LogP contribution in [0.1, 0.15) is 0 Å². The van der Waals surface area contributed by atoms with Crippen LogP contribution in [0.4, 0.5) is 0 Å². The van der Waals surface area contributed by atoms with Gasteiger partial charge in [0.15, 0.2) is 9.85 Å². The van der Waals surface area contributed by atoms with E-state index in [-0.39, 0.29) is 5.91 Å².